The first-order valence-corrected chi connectivity index (χ1v) is 8.65. The van der Waals surface area contributed by atoms with Gasteiger partial charge in [0.2, 0.25) is 0 Å². The third-order valence-electron chi connectivity index (χ3n) is 4.64. The van der Waals surface area contributed by atoms with E-state index in [4.69, 9.17) is 0 Å². The molecule has 0 amide bonds. The maximum atomic E-state index is 11.1. The average molecular weight is 341 g/mol. The zero-order valence-electron chi connectivity index (χ0n) is 15.3. The van der Waals surface area contributed by atoms with Crippen LogP contribution in [0.4, 0.5) is 11.6 Å². The molecule has 1 unspecified atom stereocenters. The predicted octanol–water partition coefficient (Wildman–Crippen LogP) is 1.62. The zero-order valence-corrected chi connectivity index (χ0v) is 15.3. The Hall–Kier alpha value is -2.18. The fourth-order valence-electron chi connectivity index (χ4n) is 3.47. The molecule has 25 heavy (non-hydrogen) atoms. The van der Waals surface area contributed by atoms with Crippen LogP contribution in [-0.2, 0) is 6.54 Å². The molecule has 3 rings (SSSR count). The van der Waals surface area contributed by atoms with Gasteiger partial charge < -0.3 is 14.9 Å². The molecule has 0 bridgehead atoms. The summed E-state index contributed by atoms with van der Waals surface area (Å²) in [6.45, 7) is 2.99. The third kappa shape index (κ3) is 4.27. The minimum Gasteiger partial charge on any atom is -0.387 e. The van der Waals surface area contributed by atoms with E-state index < -0.39 is 5.60 Å². The molecule has 1 fully saturated rings. The lowest BCUT2D eigenvalue weighted by atomic mass is 10.0. The normalized spacial score (nSPS) is 20.6. The number of β-amino-alcohol motifs (C(OH)–C–C–N with tert-alkyl or cyclic N) is 1. The second kappa shape index (κ2) is 7.37. The van der Waals surface area contributed by atoms with E-state index in [1.807, 2.05) is 37.0 Å². The molecular formula is C19H27N5O. The van der Waals surface area contributed by atoms with Gasteiger partial charge in [-0.1, -0.05) is 30.3 Å². The molecule has 1 aromatic carbocycles. The lowest BCUT2D eigenvalue weighted by Gasteiger charge is -2.31. The standard InChI is InChI=1S/C19H27N5O/c1-22(2)17-18(21-11-10-20-17)23(3)14-19(25)9-12-24(15-19)13-16-7-5-4-6-8-16/h4-8,10-11,25H,9,12-15H2,1-3H3. The van der Waals surface area contributed by atoms with Crippen molar-refractivity contribution in [1.29, 1.82) is 0 Å². The maximum Gasteiger partial charge on any atom is 0.171 e. The van der Waals surface area contributed by atoms with E-state index in [1.54, 1.807) is 12.4 Å². The van der Waals surface area contributed by atoms with Crippen molar-refractivity contribution in [2.75, 3.05) is 50.6 Å². The highest BCUT2D eigenvalue weighted by Gasteiger charge is 2.37. The summed E-state index contributed by atoms with van der Waals surface area (Å²) in [5.74, 6) is 1.61. The number of benzene rings is 1. The van der Waals surface area contributed by atoms with Crippen LogP contribution in [0.5, 0.6) is 0 Å². The quantitative estimate of drug-likeness (QED) is 0.862. The summed E-state index contributed by atoms with van der Waals surface area (Å²) in [5.41, 5.74) is 0.550. The Bertz CT molecular complexity index is 693. The van der Waals surface area contributed by atoms with Gasteiger partial charge in [0, 0.05) is 59.7 Å². The molecule has 134 valence electrons. The molecule has 1 aromatic heterocycles. The van der Waals surface area contributed by atoms with Crippen LogP contribution in [-0.4, -0.2) is 66.4 Å². The zero-order chi connectivity index (χ0) is 17.9. The van der Waals surface area contributed by atoms with Crippen LogP contribution >= 0.6 is 0 Å². The first-order valence-electron chi connectivity index (χ1n) is 8.65. The van der Waals surface area contributed by atoms with E-state index in [1.165, 1.54) is 5.56 Å². The monoisotopic (exact) mass is 341 g/mol. The van der Waals surface area contributed by atoms with Gasteiger partial charge >= 0.3 is 0 Å². The molecule has 0 aliphatic carbocycles. The molecule has 2 aromatic rings. The third-order valence-corrected chi connectivity index (χ3v) is 4.64. The number of aromatic nitrogens is 2. The van der Waals surface area contributed by atoms with Gasteiger partial charge in [-0.15, -0.1) is 0 Å². The lowest BCUT2D eigenvalue weighted by molar-refractivity contribution is 0.0561. The number of likely N-dealkylation sites (tertiary alicyclic amines) is 1. The summed E-state index contributed by atoms with van der Waals surface area (Å²) in [4.78, 5) is 15.1. The molecule has 2 heterocycles. The molecular weight excluding hydrogens is 314 g/mol. The number of likely N-dealkylation sites (N-methyl/N-ethyl adjacent to an activating group) is 1. The van der Waals surface area contributed by atoms with Gasteiger partial charge in [0.1, 0.15) is 0 Å². The van der Waals surface area contributed by atoms with Crippen LogP contribution in [0.3, 0.4) is 0 Å². The van der Waals surface area contributed by atoms with Crippen LogP contribution in [0.15, 0.2) is 42.7 Å². The summed E-state index contributed by atoms with van der Waals surface area (Å²) in [7, 11) is 5.87. The highest BCUT2D eigenvalue weighted by molar-refractivity contribution is 5.61. The van der Waals surface area contributed by atoms with Gasteiger partial charge in [-0.05, 0) is 12.0 Å². The Kier molecular flexibility index (Phi) is 5.20. The van der Waals surface area contributed by atoms with Gasteiger partial charge in [-0.25, -0.2) is 9.97 Å². The van der Waals surface area contributed by atoms with Crippen LogP contribution in [0.1, 0.15) is 12.0 Å². The van der Waals surface area contributed by atoms with Crippen molar-refractivity contribution < 1.29 is 5.11 Å². The summed E-state index contributed by atoms with van der Waals surface area (Å²) in [6, 6.07) is 10.4. The Morgan fingerprint density at radius 2 is 1.76 bits per heavy atom. The largest absolute Gasteiger partial charge is 0.387 e. The maximum absolute atomic E-state index is 11.1. The van der Waals surface area contributed by atoms with Crippen molar-refractivity contribution in [3.63, 3.8) is 0 Å². The van der Waals surface area contributed by atoms with Gasteiger partial charge in [-0.3, -0.25) is 4.90 Å². The Balaban J connectivity index is 1.65. The van der Waals surface area contributed by atoms with Crippen LogP contribution in [0.25, 0.3) is 0 Å². The predicted molar refractivity (Wildman–Crippen MR) is 101 cm³/mol. The minimum absolute atomic E-state index is 0.540. The highest BCUT2D eigenvalue weighted by Crippen LogP contribution is 2.27. The van der Waals surface area contributed by atoms with Crippen molar-refractivity contribution in [1.82, 2.24) is 14.9 Å². The van der Waals surface area contributed by atoms with Gasteiger partial charge in [-0.2, -0.15) is 0 Å². The van der Waals surface area contributed by atoms with Crippen molar-refractivity contribution in [3.05, 3.63) is 48.3 Å². The smallest absolute Gasteiger partial charge is 0.171 e. The number of anilines is 2. The summed E-state index contributed by atoms with van der Waals surface area (Å²) >= 11 is 0. The molecule has 0 radical (unpaired) electrons. The lowest BCUT2D eigenvalue weighted by Crippen LogP contribution is -2.44. The Morgan fingerprint density at radius 3 is 2.44 bits per heavy atom. The molecule has 1 aliphatic heterocycles. The summed E-state index contributed by atoms with van der Waals surface area (Å²) in [5, 5.41) is 11.1. The van der Waals surface area contributed by atoms with Crippen LogP contribution < -0.4 is 9.80 Å². The Morgan fingerprint density at radius 1 is 1.08 bits per heavy atom. The Labute approximate surface area is 149 Å². The SMILES string of the molecule is CN(C)c1nccnc1N(C)CC1(O)CCN(Cc2ccccc2)C1. The van der Waals surface area contributed by atoms with Crippen molar-refractivity contribution in [3.8, 4) is 0 Å². The van der Waals surface area contributed by atoms with E-state index in [-0.39, 0.29) is 0 Å². The van der Waals surface area contributed by atoms with Crippen molar-refractivity contribution in [2.24, 2.45) is 0 Å². The number of rotatable bonds is 6. The van der Waals surface area contributed by atoms with E-state index in [0.29, 0.717) is 13.1 Å². The summed E-state index contributed by atoms with van der Waals surface area (Å²) in [6.07, 6.45) is 4.15. The second-order valence-electron chi connectivity index (χ2n) is 7.12. The van der Waals surface area contributed by atoms with Gasteiger partial charge in [0.15, 0.2) is 11.6 Å². The van der Waals surface area contributed by atoms with Gasteiger partial charge in [0.05, 0.1) is 5.60 Å². The number of nitrogens with zero attached hydrogens (tertiary/aromatic N) is 5. The van der Waals surface area contributed by atoms with Crippen LogP contribution in [0, 0.1) is 0 Å². The molecule has 1 aliphatic rings. The molecule has 1 saturated heterocycles. The van der Waals surface area contributed by atoms with E-state index in [0.717, 1.165) is 31.1 Å². The number of aliphatic hydroxyl groups is 1. The number of hydrogen-bond acceptors (Lipinski definition) is 6. The topological polar surface area (TPSA) is 55.7 Å². The van der Waals surface area contributed by atoms with Crippen molar-refractivity contribution in [2.45, 2.75) is 18.6 Å². The molecule has 6 nitrogen and oxygen atoms in total. The van der Waals surface area contributed by atoms with E-state index >= 15 is 0 Å². The van der Waals surface area contributed by atoms with E-state index in [9.17, 15) is 5.11 Å². The average Bonchev–Trinajstić information content (AvgIpc) is 2.96. The summed E-state index contributed by atoms with van der Waals surface area (Å²) < 4.78 is 0. The van der Waals surface area contributed by atoms with Crippen molar-refractivity contribution >= 4 is 11.6 Å². The fourth-order valence-corrected chi connectivity index (χ4v) is 3.47. The van der Waals surface area contributed by atoms with Gasteiger partial charge in [0.25, 0.3) is 0 Å². The molecule has 1 N–H and O–H groups in total. The molecule has 1 atom stereocenters. The molecule has 0 saturated carbocycles. The first-order chi connectivity index (χ1) is 12.0. The first kappa shape index (κ1) is 17.6. The second-order valence-corrected chi connectivity index (χ2v) is 7.12. The highest BCUT2D eigenvalue weighted by atomic mass is 16.3. The van der Waals surface area contributed by atoms with Crippen LogP contribution in [0.2, 0.25) is 0 Å². The number of hydrogen-bond donors (Lipinski definition) is 1. The minimum atomic E-state index is -0.732. The molecule has 6 heteroatoms. The fraction of sp³-hybridized carbons (Fsp3) is 0.474. The van der Waals surface area contributed by atoms with E-state index in [2.05, 4.69) is 39.1 Å². The molecule has 0 spiro atoms.